The second kappa shape index (κ2) is 49.2. The molecule has 0 bridgehead atoms. The maximum Gasteiger partial charge on any atom is 0.298 e. The van der Waals surface area contributed by atoms with E-state index in [4.69, 9.17) is 63.8 Å². The van der Waals surface area contributed by atoms with Crippen LogP contribution in [0.1, 0.15) is 165 Å². The average molecular weight is 1740 g/mol. The Morgan fingerprint density at radius 2 is 1.06 bits per heavy atom. The molecular weight excluding hydrogens is 1620 g/mol. The minimum atomic E-state index is -0.663. The van der Waals surface area contributed by atoms with Crippen LogP contribution in [0.5, 0.6) is 5.75 Å². The van der Waals surface area contributed by atoms with Gasteiger partial charge in [-0.05, 0) is 147 Å². The number of thiazole rings is 1. The molecule has 1 aliphatic carbocycles. The number of hydrogen-bond donors (Lipinski definition) is 6. The predicted octanol–water partition coefficient (Wildman–Crippen LogP) is 4.73. The number of carbonyl (C=O) groups is 9. The third kappa shape index (κ3) is 27.5. The molecule has 674 valence electrons. The van der Waals surface area contributed by atoms with Gasteiger partial charge in [0.2, 0.25) is 52.5 Å². The first kappa shape index (κ1) is 95.7. The number of nitrogens with two attached hydrogens (primary N) is 2. The zero-order chi connectivity index (χ0) is 88.4. The lowest BCUT2D eigenvalue weighted by atomic mass is 9.83. The van der Waals surface area contributed by atoms with Gasteiger partial charge in [-0.15, -0.1) is 11.3 Å². The van der Waals surface area contributed by atoms with Crippen molar-refractivity contribution in [1.29, 1.82) is 0 Å². The molecular formula is C86H120N18O19S. The first-order valence-electron chi connectivity index (χ1n) is 42.6. The molecule has 0 radical (unpaired) electrons. The lowest BCUT2D eigenvalue weighted by Gasteiger charge is -2.35. The van der Waals surface area contributed by atoms with E-state index >= 15 is 0 Å². The van der Waals surface area contributed by atoms with Gasteiger partial charge in [0.05, 0.1) is 157 Å². The van der Waals surface area contributed by atoms with Crippen molar-refractivity contribution in [3.8, 4) is 5.75 Å². The number of hydrogen-bond acceptors (Lipinski definition) is 24. The molecule has 2 fully saturated rings. The molecule has 2 aliphatic rings. The van der Waals surface area contributed by atoms with E-state index in [1.165, 1.54) is 11.3 Å². The van der Waals surface area contributed by atoms with Crippen LogP contribution in [0.2, 0.25) is 0 Å². The molecule has 38 heteroatoms. The van der Waals surface area contributed by atoms with Crippen molar-refractivity contribution in [2.45, 2.75) is 149 Å². The number of likely N-dealkylation sites (N-methyl/N-ethyl adjacent to an activating group) is 1. The summed E-state index contributed by atoms with van der Waals surface area (Å²) < 4.78 is 67.7. The molecule has 8 amide bonds. The molecule has 3 aromatic carbocycles. The van der Waals surface area contributed by atoms with Crippen molar-refractivity contribution < 1.29 is 90.5 Å². The van der Waals surface area contributed by atoms with E-state index in [-0.39, 0.29) is 136 Å². The molecule has 0 spiro atoms. The fourth-order valence-electron chi connectivity index (χ4n) is 14.8. The summed E-state index contributed by atoms with van der Waals surface area (Å²) in [6.07, 6.45) is 6.59. The molecule has 1 saturated carbocycles. The molecule has 5 aromatic heterocycles. The number of ether oxygens (including phenoxy) is 10. The van der Waals surface area contributed by atoms with E-state index in [0.717, 1.165) is 44.9 Å². The number of aromatic nitrogens is 9. The quantitative estimate of drug-likeness (QED) is 0.0222. The largest absolute Gasteiger partial charge is 0.491 e. The highest BCUT2D eigenvalue weighted by Gasteiger charge is 2.41. The Hall–Kier alpha value is -10.5. The number of imidazole rings is 2. The molecule has 6 heterocycles. The number of carbonyl (C=O) groups excluding carboxylic acids is 9. The van der Waals surface area contributed by atoms with Gasteiger partial charge >= 0.3 is 0 Å². The normalized spacial score (nSPS) is 14.8. The lowest BCUT2D eigenvalue weighted by Crippen LogP contribution is -2.55. The van der Waals surface area contributed by atoms with Crippen molar-refractivity contribution in [3.63, 3.8) is 0 Å². The van der Waals surface area contributed by atoms with Gasteiger partial charge in [0.1, 0.15) is 47.1 Å². The Labute approximate surface area is 724 Å². The zero-order valence-corrected chi connectivity index (χ0v) is 73.1. The summed E-state index contributed by atoms with van der Waals surface area (Å²) in [4.78, 5) is 136. The van der Waals surface area contributed by atoms with E-state index in [1.54, 1.807) is 139 Å². The van der Waals surface area contributed by atoms with Gasteiger partial charge in [0, 0.05) is 88.4 Å². The van der Waals surface area contributed by atoms with Crippen LogP contribution < -0.4 is 48.7 Å². The van der Waals surface area contributed by atoms with Crippen LogP contribution >= 0.6 is 11.3 Å². The number of rotatable bonds is 54. The van der Waals surface area contributed by atoms with Crippen LogP contribution in [0.25, 0.3) is 22.1 Å². The van der Waals surface area contributed by atoms with Crippen LogP contribution in [0.15, 0.2) is 88.2 Å². The van der Waals surface area contributed by atoms with Crippen LogP contribution in [0.4, 0.5) is 0 Å². The van der Waals surface area contributed by atoms with Gasteiger partial charge in [-0.1, -0.05) is 31.4 Å². The van der Waals surface area contributed by atoms with E-state index in [2.05, 4.69) is 41.4 Å². The average Bonchev–Trinajstić information content (AvgIpc) is 1.62. The third-order valence-electron chi connectivity index (χ3n) is 21.5. The number of aryl methyl sites for hydroxylation is 8. The Balaban J connectivity index is 0.552. The number of nitrogens with one attached hydrogen (secondary N) is 4. The van der Waals surface area contributed by atoms with Crippen molar-refractivity contribution >= 4 is 86.4 Å². The zero-order valence-electron chi connectivity index (χ0n) is 72.3. The molecule has 8 N–H and O–H groups in total. The van der Waals surface area contributed by atoms with Gasteiger partial charge in [-0.3, -0.25) is 52.5 Å². The molecule has 10 rings (SSSR count). The van der Waals surface area contributed by atoms with Crippen LogP contribution in [0.3, 0.4) is 0 Å². The molecule has 0 unspecified atom stereocenters. The third-order valence-corrected chi connectivity index (χ3v) is 22.4. The van der Waals surface area contributed by atoms with Crippen LogP contribution in [-0.4, -0.2) is 265 Å². The van der Waals surface area contributed by atoms with Gasteiger partial charge < -0.3 is 103 Å². The molecule has 37 nitrogen and oxygen atoms in total. The monoisotopic (exact) mass is 1740 g/mol. The molecule has 8 aromatic rings. The molecule has 3 atom stereocenters. The Kier molecular flexibility index (Phi) is 38.0. The van der Waals surface area contributed by atoms with Gasteiger partial charge in [-0.2, -0.15) is 20.2 Å². The van der Waals surface area contributed by atoms with Crippen LogP contribution in [0, 0.1) is 19.8 Å². The van der Waals surface area contributed by atoms with Crippen molar-refractivity contribution in [2.75, 3.05) is 146 Å². The van der Waals surface area contributed by atoms with Gasteiger partial charge in [0.25, 0.3) is 11.8 Å². The second-order valence-corrected chi connectivity index (χ2v) is 31.1. The smallest absolute Gasteiger partial charge is 0.298 e. The topological polar surface area (TPSA) is 442 Å². The van der Waals surface area contributed by atoms with Crippen molar-refractivity contribution in [3.05, 3.63) is 140 Å². The van der Waals surface area contributed by atoms with E-state index in [1.807, 2.05) is 27.9 Å². The number of nitrogens with zero attached hydrogens (tertiary/aromatic N) is 12. The minimum Gasteiger partial charge on any atom is -0.491 e. The molecule has 124 heavy (non-hydrogen) atoms. The number of fused-ring (bicyclic) bond motifs is 2. The number of likely N-dealkylation sites (tertiary alicyclic amines) is 1. The SMILES string of the molecule is CCn1nc(C)cc1C(=O)N=c1n(C)c2cc(C(N)=O)ccc2n1CCC(CCn1c(=NC(=O)c2cc(C)nn2CC)n(C)c2cc(C(N)=O)ccc21)OCC(=O)NCCOCCOCCOCCOCCC(=O)NCCOCCOCCOCCOCCOc1cccc(C(=O)c2csc([C@@H]3CCCN3C(=O)[C@@H](NC(=O)[C@H](C)NC)C3CCCCC3)n2)c1. The summed E-state index contributed by atoms with van der Waals surface area (Å²) in [5, 5.41) is 23.1. The summed E-state index contributed by atoms with van der Waals surface area (Å²) in [5.41, 5.74) is 17.6. The fraction of sp³-hybridized carbons (Fsp3) is 0.558. The number of ketones is 1. The maximum absolute atomic E-state index is 14.2. The van der Waals surface area contributed by atoms with E-state index in [0.29, 0.717) is 172 Å². The predicted molar refractivity (Wildman–Crippen MR) is 458 cm³/mol. The minimum absolute atomic E-state index is 0.0758. The summed E-state index contributed by atoms with van der Waals surface area (Å²) in [5.74, 6) is -2.82. The highest BCUT2D eigenvalue weighted by molar-refractivity contribution is 7.10. The Bertz CT molecular complexity index is 4880. The molecule has 1 aliphatic heterocycles. The van der Waals surface area contributed by atoms with E-state index < -0.39 is 47.7 Å². The Morgan fingerprint density at radius 1 is 0.565 bits per heavy atom. The summed E-state index contributed by atoms with van der Waals surface area (Å²) in [6, 6.07) is 19.0. The number of benzene rings is 3. The Morgan fingerprint density at radius 3 is 1.56 bits per heavy atom. The highest BCUT2D eigenvalue weighted by Crippen LogP contribution is 2.37. The van der Waals surface area contributed by atoms with Crippen molar-refractivity contribution in [2.24, 2.45) is 41.5 Å². The highest BCUT2D eigenvalue weighted by atomic mass is 32.1. The second-order valence-electron chi connectivity index (χ2n) is 30.2. The maximum atomic E-state index is 14.2. The van der Waals surface area contributed by atoms with Crippen molar-refractivity contribution in [1.82, 2.24) is 69.0 Å². The first-order valence-corrected chi connectivity index (χ1v) is 43.5. The number of amides is 8. The van der Waals surface area contributed by atoms with Crippen LogP contribution in [-0.2, 0) is 102 Å². The molecule has 1 saturated heterocycles. The van der Waals surface area contributed by atoms with Gasteiger partial charge in [0.15, 0.2) is 0 Å². The summed E-state index contributed by atoms with van der Waals surface area (Å²) in [6.45, 7) is 16.4. The van der Waals surface area contributed by atoms with E-state index in [9.17, 15) is 43.2 Å². The fourth-order valence-corrected chi connectivity index (χ4v) is 15.8. The lowest BCUT2D eigenvalue weighted by molar-refractivity contribution is -0.139. The number of primary amides is 2. The van der Waals surface area contributed by atoms with Gasteiger partial charge in [-0.25, -0.2) is 4.98 Å². The first-order chi connectivity index (χ1) is 60.0. The standard InChI is InChI=1S/C86H120N18O19S/c1-9-103-72(50-57(3)96-103)81(111)94-85-98(7)70-53-62(78(87)108)21-23-67(70)101(85)31-25-64(26-32-102-68-24-22-63(79(88)109)54-71(68)99(8)86(102)95-82(112)73-51-58(4)97-104(73)10-2)123-55-75(106)91-29-35-116-38-41-119-43-42-117-39-36-114-33-27-74(105)90-28-34-115-37-40-118-44-45-120-46-47-121-48-49-122-65-19-14-18-61(52-65)77(107)66-56-124-83(92-66)69-20-15-30-100(69)84(113)76(60-16-12-11-13-17-60)93-80(110)59(5)89-6/h14,18-19,21-24,50-54,56,59-60,64,69,76,89H,9-13,15-17,20,25-49,55H2,1-8H3,(H2,87,108)(H2,88,109)(H,90,105)(H,91,106)(H,93,110)/t59-,64?,69-,76-/m0/s1. The summed E-state index contributed by atoms with van der Waals surface area (Å²) >= 11 is 1.38. The summed E-state index contributed by atoms with van der Waals surface area (Å²) in [7, 11) is 5.20.